The Balaban J connectivity index is 1.83. The summed E-state index contributed by atoms with van der Waals surface area (Å²) in [6.45, 7) is 4.72. The highest BCUT2D eigenvalue weighted by atomic mass is 16.5. The van der Waals surface area contributed by atoms with Crippen molar-refractivity contribution >= 4 is 12.1 Å². The summed E-state index contributed by atoms with van der Waals surface area (Å²) in [5.74, 6) is 1.95. The van der Waals surface area contributed by atoms with Crippen LogP contribution in [-0.2, 0) is 4.79 Å². The molecule has 0 unspecified atom stereocenters. The van der Waals surface area contributed by atoms with E-state index in [0.29, 0.717) is 35.3 Å². The van der Waals surface area contributed by atoms with E-state index >= 15 is 0 Å². The molecule has 0 saturated heterocycles. The molecule has 2 rings (SSSR count). The van der Waals surface area contributed by atoms with E-state index in [0.717, 1.165) is 12.0 Å². The van der Waals surface area contributed by atoms with Gasteiger partial charge in [-0.15, -0.1) is 0 Å². The van der Waals surface area contributed by atoms with Crippen LogP contribution in [0.3, 0.4) is 0 Å². The van der Waals surface area contributed by atoms with E-state index in [9.17, 15) is 4.79 Å². The fourth-order valence-corrected chi connectivity index (χ4v) is 2.27. The zero-order valence-electron chi connectivity index (χ0n) is 16.8. The molecule has 0 spiro atoms. The number of hydrazone groups is 1. The Labute approximate surface area is 170 Å². The van der Waals surface area contributed by atoms with Crippen LogP contribution >= 0.6 is 0 Å². The number of carbonyl (C=O) groups is 1. The second-order valence-corrected chi connectivity index (χ2v) is 6.66. The van der Waals surface area contributed by atoms with Gasteiger partial charge in [-0.25, -0.2) is 5.43 Å². The van der Waals surface area contributed by atoms with E-state index in [1.165, 1.54) is 6.21 Å². The molecule has 29 heavy (non-hydrogen) atoms. The van der Waals surface area contributed by atoms with E-state index in [1.54, 1.807) is 37.4 Å². The smallest absolute Gasteiger partial charge is 0.277 e. The molecule has 0 aliphatic carbocycles. The molecule has 2 aromatic carbocycles. The number of ether oxygens (including phenoxy) is 3. The molecule has 7 nitrogen and oxygen atoms in total. The van der Waals surface area contributed by atoms with Crippen molar-refractivity contribution in [1.29, 1.82) is 5.26 Å². The third kappa shape index (κ3) is 7.54. The van der Waals surface area contributed by atoms with Gasteiger partial charge < -0.3 is 14.2 Å². The number of benzene rings is 2. The van der Waals surface area contributed by atoms with Crippen molar-refractivity contribution in [3.05, 3.63) is 53.6 Å². The first-order chi connectivity index (χ1) is 14.0. The maximum atomic E-state index is 11.8. The van der Waals surface area contributed by atoms with Crippen LogP contribution in [0.1, 0.15) is 31.4 Å². The van der Waals surface area contributed by atoms with Crippen LogP contribution in [0.15, 0.2) is 47.6 Å². The molecule has 0 fully saturated rings. The molecule has 1 N–H and O–H groups in total. The summed E-state index contributed by atoms with van der Waals surface area (Å²) in [7, 11) is 1.58. The van der Waals surface area contributed by atoms with Gasteiger partial charge in [0.05, 0.1) is 31.6 Å². The maximum Gasteiger partial charge on any atom is 0.277 e. The monoisotopic (exact) mass is 395 g/mol. The third-order valence-electron chi connectivity index (χ3n) is 3.90. The van der Waals surface area contributed by atoms with Gasteiger partial charge in [-0.05, 0) is 60.4 Å². The van der Waals surface area contributed by atoms with E-state index in [-0.39, 0.29) is 6.61 Å². The van der Waals surface area contributed by atoms with Crippen LogP contribution < -0.4 is 19.6 Å². The second-order valence-electron chi connectivity index (χ2n) is 6.66. The Kier molecular flexibility index (Phi) is 8.51. The highest BCUT2D eigenvalue weighted by molar-refractivity contribution is 5.83. The van der Waals surface area contributed by atoms with Crippen molar-refractivity contribution in [3.63, 3.8) is 0 Å². The van der Waals surface area contributed by atoms with Gasteiger partial charge in [-0.1, -0.05) is 13.8 Å². The summed E-state index contributed by atoms with van der Waals surface area (Å²) in [5, 5.41) is 12.7. The minimum Gasteiger partial charge on any atom is -0.493 e. The molecule has 0 aliphatic heterocycles. The van der Waals surface area contributed by atoms with Crippen molar-refractivity contribution < 1.29 is 19.0 Å². The molecule has 0 saturated carbocycles. The van der Waals surface area contributed by atoms with Crippen LogP contribution in [0.25, 0.3) is 0 Å². The van der Waals surface area contributed by atoms with Crippen molar-refractivity contribution in [2.45, 2.75) is 20.3 Å². The molecule has 0 radical (unpaired) electrons. The number of amides is 1. The van der Waals surface area contributed by atoms with Crippen molar-refractivity contribution in [3.8, 4) is 23.3 Å². The predicted molar refractivity (Wildman–Crippen MR) is 110 cm³/mol. The number of nitrogens with zero attached hydrogens (tertiary/aromatic N) is 2. The highest BCUT2D eigenvalue weighted by Gasteiger charge is 2.06. The van der Waals surface area contributed by atoms with Gasteiger partial charge in [0.2, 0.25) is 0 Å². The number of hydrogen-bond donors (Lipinski definition) is 1. The van der Waals surface area contributed by atoms with Gasteiger partial charge in [-0.2, -0.15) is 10.4 Å². The summed E-state index contributed by atoms with van der Waals surface area (Å²) in [4.78, 5) is 11.8. The SMILES string of the molecule is COc1cc(/C=N/NC(=O)COc2ccc(C#N)cc2)ccc1OCCC(C)C. The molecule has 7 heteroatoms. The average molecular weight is 395 g/mol. The highest BCUT2D eigenvalue weighted by Crippen LogP contribution is 2.27. The van der Waals surface area contributed by atoms with Crippen LogP contribution in [0.4, 0.5) is 0 Å². The summed E-state index contributed by atoms with van der Waals surface area (Å²) >= 11 is 0. The van der Waals surface area contributed by atoms with Gasteiger partial charge in [0.25, 0.3) is 5.91 Å². The molecule has 0 aliphatic rings. The lowest BCUT2D eigenvalue weighted by Gasteiger charge is -2.12. The molecular formula is C22H25N3O4. The van der Waals surface area contributed by atoms with E-state index < -0.39 is 5.91 Å². The number of rotatable bonds is 10. The quantitative estimate of drug-likeness (QED) is 0.491. The zero-order valence-corrected chi connectivity index (χ0v) is 16.8. The number of methoxy groups -OCH3 is 1. The number of carbonyl (C=O) groups excluding carboxylic acids is 1. The average Bonchev–Trinajstić information content (AvgIpc) is 2.73. The first kappa shape index (κ1) is 21.8. The van der Waals surface area contributed by atoms with E-state index in [1.807, 2.05) is 18.2 Å². The van der Waals surface area contributed by atoms with Gasteiger partial charge >= 0.3 is 0 Å². The van der Waals surface area contributed by atoms with Crippen LogP contribution in [0.5, 0.6) is 17.2 Å². The molecule has 0 bridgehead atoms. The van der Waals surface area contributed by atoms with E-state index in [4.69, 9.17) is 19.5 Å². The standard InChI is InChI=1S/C22H25N3O4/c1-16(2)10-11-28-20-9-6-18(12-21(20)27-3)14-24-25-22(26)15-29-19-7-4-17(13-23)5-8-19/h4-9,12,14,16H,10-11,15H2,1-3H3,(H,25,26)/b24-14+. The molecule has 0 atom stereocenters. The van der Waals surface area contributed by atoms with Gasteiger partial charge in [0, 0.05) is 0 Å². The normalized spacial score (nSPS) is 10.6. The lowest BCUT2D eigenvalue weighted by atomic mass is 10.1. The fourth-order valence-electron chi connectivity index (χ4n) is 2.27. The molecule has 0 heterocycles. The number of hydrogen-bond acceptors (Lipinski definition) is 6. The number of nitrogens with one attached hydrogen (secondary N) is 1. The van der Waals surface area contributed by atoms with Crippen LogP contribution in [0, 0.1) is 17.2 Å². The second kappa shape index (κ2) is 11.3. The minimum absolute atomic E-state index is 0.185. The summed E-state index contributed by atoms with van der Waals surface area (Å²) in [6.07, 6.45) is 2.48. The van der Waals surface area contributed by atoms with Gasteiger partial charge in [0.1, 0.15) is 5.75 Å². The lowest BCUT2D eigenvalue weighted by molar-refractivity contribution is -0.123. The molecule has 1 amide bonds. The first-order valence-electron chi connectivity index (χ1n) is 9.27. The lowest BCUT2D eigenvalue weighted by Crippen LogP contribution is -2.24. The summed E-state index contributed by atoms with van der Waals surface area (Å²) < 4.78 is 16.5. The van der Waals surface area contributed by atoms with Crippen LogP contribution in [0.2, 0.25) is 0 Å². The zero-order chi connectivity index (χ0) is 21.1. The Hall–Kier alpha value is -3.53. The molecule has 0 aromatic heterocycles. The van der Waals surface area contributed by atoms with Crippen molar-refractivity contribution in [2.24, 2.45) is 11.0 Å². The molecular weight excluding hydrogens is 370 g/mol. The molecule has 152 valence electrons. The van der Waals surface area contributed by atoms with Crippen molar-refractivity contribution in [2.75, 3.05) is 20.3 Å². The first-order valence-corrected chi connectivity index (χ1v) is 9.27. The van der Waals surface area contributed by atoms with Crippen LogP contribution in [-0.4, -0.2) is 32.4 Å². The topological polar surface area (TPSA) is 92.9 Å². The minimum atomic E-state index is -0.397. The van der Waals surface area contributed by atoms with Crippen molar-refractivity contribution in [1.82, 2.24) is 5.43 Å². The summed E-state index contributed by atoms with van der Waals surface area (Å²) in [6, 6.07) is 14.0. The number of nitriles is 1. The largest absolute Gasteiger partial charge is 0.493 e. The van der Waals surface area contributed by atoms with Gasteiger partial charge in [0.15, 0.2) is 18.1 Å². The third-order valence-corrected chi connectivity index (χ3v) is 3.90. The molecule has 2 aromatic rings. The maximum absolute atomic E-state index is 11.8. The Bertz CT molecular complexity index is 871. The summed E-state index contributed by atoms with van der Waals surface area (Å²) in [5.41, 5.74) is 3.69. The Morgan fingerprint density at radius 2 is 1.93 bits per heavy atom. The fraction of sp³-hybridized carbons (Fsp3) is 0.318. The van der Waals surface area contributed by atoms with E-state index in [2.05, 4.69) is 24.4 Å². The Morgan fingerprint density at radius 1 is 1.17 bits per heavy atom. The Morgan fingerprint density at radius 3 is 2.59 bits per heavy atom. The predicted octanol–water partition coefficient (Wildman–Crippen LogP) is 3.52. The van der Waals surface area contributed by atoms with Gasteiger partial charge in [-0.3, -0.25) is 4.79 Å².